The Balaban J connectivity index is 1.88. The summed E-state index contributed by atoms with van der Waals surface area (Å²) in [5.74, 6) is 1.59. The molecule has 31 heavy (non-hydrogen) atoms. The summed E-state index contributed by atoms with van der Waals surface area (Å²) in [7, 11) is 1.62. The topological polar surface area (TPSA) is 75.5 Å². The molecule has 0 aliphatic carbocycles. The van der Waals surface area contributed by atoms with E-state index in [0.29, 0.717) is 18.2 Å². The molecule has 0 aliphatic heterocycles. The highest BCUT2D eigenvalue weighted by Crippen LogP contribution is 2.29. The summed E-state index contributed by atoms with van der Waals surface area (Å²) in [6.07, 6.45) is 2.17. The molecular formula is C24H29N3O4. The van der Waals surface area contributed by atoms with Gasteiger partial charge in [-0.1, -0.05) is 43.3 Å². The lowest BCUT2D eigenvalue weighted by Crippen LogP contribution is -2.09. The van der Waals surface area contributed by atoms with Crippen molar-refractivity contribution >= 4 is 5.97 Å². The molecule has 0 saturated carbocycles. The number of benzene rings is 2. The molecule has 0 fully saturated rings. The first-order valence-corrected chi connectivity index (χ1v) is 10.6. The second kappa shape index (κ2) is 10.6. The highest BCUT2D eigenvalue weighted by Gasteiger charge is 2.23. The molecule has 0 unspecified atom stereocenters. The minimum Gasteiger partial charge on any atom is -0.497 e. The standard InChI is InChI=1S/C24H29N3O4/c1-5-18(6-2)19-10-14-21(15-11-19)31-23-22(24(28)30-7-3)25-26-27(23)16-17-8-12-20(29-4)13-9-17/h8-15,18H,5-7,16H2,1-4H3. The first-order valence-electron chi connectivity index (χ1n) is 10.6. The number of rotatable bonds is 10. The third-order valence-electron chi connectivity index (χ3n) is 5.20. The Bertz CT molecular complexity index is 977. The van der Waals surface area contributed by atoms with E-state index in [9.17, 15) is 4.79 Å². The molecule has 2 aromatic carbocycles. The Labute approximate surface area is 182 Å². The van der Waals surface area contributed by atoms with Gasteiger partial charge in [0.2, 0.25) is 5.69 Å². The fraction of sp³-hybridized carbons (Fsp3) is 0.375. The lowest BCUT2D eigenvalue weighted by Gasteiger charge is -2.14. The minimum absolute atomic E-state index is 0.0550. The van der Waals surface area contributed by atoms with Gasteiger partial charge in [-0.15, -0.1) is 5.10 Å². The van der Waals surface area contributed by atoms with E-state index in [-0.39, 0.29) is 18.2 Å². The highest BCUT2D eigenvalue weighted by atomic mass is 16.5. The zero-order valence-electron chi connectivity index (χ0n) is 18.5. The van der Waals surface area contributed by atoms with E-state index in [0.717, 1.165) is 24.2 Å². The predicted molar refractivity (Wildman–Crippen MR) is 118 cm³/mol. The quantitative estimate of drug-likeness (QED) is 0.417. The molecule has 164 valence electrons. The van der Waals surface area contributed by atoms with Crippen molar-refractivity contribution in [2.75, 3.05) is 13.7 Å². The van der Waals surface area contributed by atoms with Crippen LogP contribution in [0.15, 0.2) is 48.5 Å². The largest absolute Gasteiger partial charge is 0.497 e. The normalized spacial score (nSPS) is 10.9. The predicted octanol–water partition coefficient (Wildman–Crippen LogP) is 5.21. The van der Waals surface area contributed by atoms with Crippen LogP contribution in [0.3, 0.4) is 0 Å². The Morgan fingerprint density at radius 2 is 1.61 bits per heavy atom. The van der Waals surface area contributed by atoms with Gasteiger partial charge in [0.25, 0.3) is 5.88 Å². The Kier molecular flexibility index (Phi) is 7.65. The molecular weight excluding hydrogens is 394 g/mol. The number of methoxy groups -OCH3 is 1. The molecule has 3 aromatic rings. The highest BCUT2D eigenvalue weighted by molar-refractivity contribution is 5.89. The van der Waals surface area contributed by atoms with Crippen LogP contribution >= 0.6 is 0 Å². The summed E-state index contributed by atoms with van der Waals surface area (Å²) in [5.41, 5.74) is 2.29. The molecule has 7 heteroatoms. The number of ether oxygens (including phenoxy) is 3. The van der Waals surface area contributed by atoms with Gasteiger partial charge in [0.1, 0.15) is 11.5 Å². The Morgan fingerprint density at radius 1 is 0.968 bits per heavy atom. The second-order valence-corrected chi connectivity index (χ2v) is 7.15. The molecule has 0 radical (unpaired) electrons. The zero-order valence-corrected chi connectivity index (χ0v) is 18.5. The Hall–Kier alpha value is -3.35. The van der Waals surface area contributed by atoms with Crippen molar-refractivity contribution in [3.8, 4) is 17.4 Å². The fourth-order valence-corrected chi connectivity index (χ4v) is 3.42. The van der Waals surface area contributed by atoms with Gasteiger partial charge >= 0.3 is 5.97 Å². The first kappa shape index (κ1) is 22.3. The average molecular weight is 424 g/mol. The van der Waals surface area contributed by atoms with Gasteiger partial charge in [0, 0.05) is 0 Å². The van der Waals surface area contributed by atoms with E-state index in [2.05, 4.69) is 36.3 Å². The Morgan fingerprint density at radius 3 is 2.19 bits per heavy atom. The molecule has 1 heterocycles. The molecule has 0 amide bonds. The van der Waals surface area contributed by atoms with Crippen LogP contribution in [-0.2, 0) is 11.3 Å². The van der Waals surface area contributed by atoms with E-state index < -0.39 is 5.97 Å². The van der Waals surface area contributed by atoms with E-state index >= 15 is 0 Å². The van der Waals surface area contributed by atoms with Gasteiger partial charge in [0.05, 0.1) is 20.3 Å². The smallest absolute Gasteiger partial charge is 0.364 e. The fourth-order valence-electron chi connectivity index (χ4n) is 3.42. The van der Waals surface area contributed by atoms with Crippen molar-refractivity contribution < 1.29 is 19.0 Å². The van der Waals surface area contributed by atoms with Gasteiger partial charge in [-0.25, -0.2) is 9.48 Å². The van der Waals surface area contributed by atoms with Crippen molar-refractivity contribution in [1.29, 1.82) is 0 Å². The lowest BCUT2D eigenvalue weighted by atomic mass is 9.94. The third-order valence-corrected chi connectivity index (χ3v) is 5.20. The van der Waals surface area contributed by atoms with Crippen molar-refractivity contribution in [2.24, 2.45) is 0 Å². The minimum atomic E-state index is -0.563. The van der Waals surface area contributed by atoms with Crippen LogP contribution in [0.5, 0.6) is 17.4 Å². The lowest BCUT2D eigenvalue weighted by molar-refractivity contribution is 0.0516. The van der Waals surface area contributed by atoms with Crippen molar-refractivity contribution in [2.45, 2.75) is 46.1 Å². The maximum Gasteiger partial charge on any atom is 0.364 e. The van der Waals surface area contributed by atoms with Crippen molar-refractivity contribution in [3.05, 3.63) is 65.4 Å². The van der Waals surface area contributed by atoms with Crippen LogP contribution in [-0.4, -0.2) is 34.7 Å². The van der Waals surface area contributed by atoms with Gasteiger partial charge < -0.3 is 14.2 Å². The number of hydrogen-bond donors (Lipinski definition) is 0. The van der Waals surface area contributed by atoms with E-state index in [1.807, 2.05) is 36.4 Å². The molecule has 0 spiro atoms. The summed E-state index contributed by atoms with van der Waals surface area (Å²) < 4.78 is 18.0. The van der Waals surface area contributed by atoms with Crippen LogP contribution in [0.4, 0.5) is 0 Å². The van der Waals surface area contributed by atoms with Gasteiger partial charge in [0.15, 0.2) is 0 Å². The SMILES string of the molecule is CCOC(=O)c1nnn(Cc2ccc(OC)cc2)c1Oc1ccc(C(CC)CC)cc1. The monoisotopic (exact) mass is 423 g/mol. The van der Waals surface area contributed by atoms with Gasteiger partial charge in [-0.2, -0.15) is 0 Å². The maximum absolute atomic E-state index is 12.4. The molecule has 0 N–H and O–H groups in total. The summed E-state index contributed by atoms with van der Waals surface area (Å²) >= 11 is 0. The molecule has 0 aliphatic rings. The number of esters is 1. The van der Waals surface area contributed by atoms with Crippen LogP contribution in [0.25, 0.3) is 0 Å². The molecule has 1 aromatic heterocycles. The number of nitrogens with zero attached hydrogens (tertiary/aromatic N) is 3. The van der Waals surface area contributed by atoms with Crippen molar-refractivity contribution in [3.63, 3.8) is 0 Å². The maximum atomic E-state index is 12.4. The number of aromatic nitrogens is 3. The average Bonchev–Trinajstić information content (AvgIpc) is 3.18. The molecule has 0 atom stereocenters. The number of carbonyl (C=O) groups is 1. The summed E-state index contributed by atoms with van der Waals surface area (Å²) in [6.45, 7) is 6.75. The zero-order chi connectivity index (χ0) is 22.2. The van der Waals surface area contributed by atoms with Crippen LogP contribution in [0.2, 0.25) is 0 Å². The van der Waals surface area contributed by atoms with Crippen LogP contribution in [0.1, 0.15) is 61.1 Å². The molecule has 0 saturated heterocycles. The summed E-state index contributed by atoms with van der Waals surface area (Å²) in [6, 6.07) is 15.5. The van der Waals surface area contributed by atoms with Crippen LogP contribution in [0, 0.1) is 0 Å². The second-order valence-electron chi connectivity index (χ2n) is 7.15. The molecule has 0 bridgehead atoms. The van der Waals surface area contributed by atoms with E-state index in [4.69, 9.17) is 14.2 Å². The summed E-state index contributed by atoms with van der Waals surface area (Å²) in [4.78, 5) is 12.4. The van der Waals surface area contributed by atoms with E-state index in [1.54, 1.807) is 18.7 Å². The van der Waals surface area contributed by atoms with E-state index in [1.165, 1.54) is 5.56 Å². The number of hydrogen-bond acceptors (Lipinski definition) is 6. The van der Waals surface area contributed by atoms with Crippen LogP contribution < -0.4 is 9.47 Å². The molecule has 7 nitrogen and oxygen atoms in total. The number of carbonyl (C=O) groups excluding carboxylic acids is 1. The van der Waals surface area contributed by atoms with Crippen molar-refractivity contribution in [1.82, 2.24) is 15.0 Å². The third kappa shape index (κ3) is 5.42. The first-order chi connectivity index (χ1) is 15.1. The van der Waals surface area contributed by atoms with Gasteiger partial charge in [-0.3, -0.25) is 0 Å². The molecule has 3 rings (SSSR count). The van der Waals surface area contributed by atoms with Gasteiger partial charge in [-0.05, 0) is 61.1 Å². The summed E-state index contributed by atoms with van der Waals surface area (Å²) in [5, 5.41) is 8.16.